The summed E-state index contributed by atoms with van der Waals surface area (Å²) in [5.74, 6) is 0.958. The Morgan fingerprint density at radius 3 is 2.42 bits per heavy atom. The second kappa shape index (κ2) is 6.73. The molecule has 0 aliphatic heterocycles. The lowest BCUT2D eigenvalue weighted by atomic mass is 10.1. The molecule has 0 saturated heterocycles. The van der Waals surface area contributed by atoms with Gasteiger partial charge in [0.05, 0.1) is 0 Å². The minimum absolute atomic E-state index is 0.652. The Hall–Kier alpha value is -1.32. The van der Waals surface area contributed by atoms with Gasteiger partial charge in [-0.2, -0.15) is 0 Å². The van der Waals surface area contributed by atoms with E-state index in [0.717, 1.165) is 18.8 Å². The van der Waals surface area contributed by atoms with Crippen molar-refractivity contribution >= 4 is 11.3 Å². The fraction of sp³-hybridized carbons (Fsp3) is 0.375. The monoisotopic (exact) mass is 275 g/mol. The van der Waals surface area contributed by atoms with E-state index in [9.17, 15) is 0 Å². The van der Waals surface area contributed by atoms with Crippen LogP contribution in [0.25, 0.3) is 0 Å². The standard InChI is InChI=1S/C16H21NOS/c1-4-17-10-15-5-6-16(19-15)11-18-14-8-12(2)7-13(3)9-14/h5-9,17H,4,10-11H2,1-3H3. The molecule has 0 amide bonds. The number of hydrogen-bond acceptors (Lipinski definition) is 3. The normalized spacial score (nSPS) is 10.7. The van der Waals surface area contributed by atoms with Gasteiger partial charge in [0.1, 0.15) is 12.4 Å². The molecule has 1 aromatic carbocycles. The molecule has 0 spiro atoms. The number of rotatable bonds is 6. The van der Waals surface area contributed by atoms with Crippen LogP contribution < -0.4 is 10.1 Å². The summed E-state index contributed by atoms with van der Waals surface area (Å²) in [7, 11) is 0. The molecule has 0 atom stereocenters. The Bertz CT molecular complexity index is 513. The number of ether oxygens (including phenoxy) is 1. The fourth-order valence-corrected chi connectivity index (χ4v) is 2.91. The summed E-state index contributed by atoms with van der Waals surface area (Å²) in [4.78, 5) is 2.63. The van der Waals surface area contributed by atoms with Crippen LogP contribution in [0.4, 0.5) is 0 Å². The molecule has 2 aromatic rings. The summed E-state index contributed by atoms with van der Waals surface area (Å²) in [6, 6.07) is 10.7. The van der Waals surface area contributed by atoms with Gasteiger partial charge in [0, 0.05) is 16.3 Å². The maximum atomic E-state index is 5.86. The third-order valence-corrected chi connectivity index (χ3v) is 3.90. The summed E-state index contributed by atoms with van der Waals surface area (Å²) < 4.78 is 5.86. The second-order valence-corrected chi connectivity index (χ2v) is 6.01. The van der Waals surface area contributed by atoms with E-state index in [4.69, 9.17) is 4.74 Å². The van der Waals surface area contributed by atoms with E-state index in [1.54, 1.807) is 0 Å². The van der Waals surface area contributed by atoms with Gasteiger partial charge in [-0.3, -0.25) is 0 Å². The third kappa shape index (κ3) is 4.37. The quantitative estimate of drug-likeness (QED) is 0.858. The van der Waals surface area contributed by atoms with E-state index in [-0.39, 0.29) is 0 Å². The predicted molar refractivity (Wildman–Crippen MR) is 81.9 cm³/mol. The molecule has 19 heavy (non-hydrogen) atoms. The highest BCUT2D eigenvalue weighted by Crippen LogP contribution is 2.21. The minimum atomic E-state index is 0.652. The van der Waals surface area contributed by atoms with Crippen LogP contribution in [0.15, 0.2) is 30.3 Å². The summed E-state index contributed by atoms with van der Waals surface area (Å²) in [5, 5.41) is 3.34. The first-order valence-electron chi connectivity index (χ1n) is 6.67. The van der Waals surface area contributed by atoms with Gasteiger partial charge in [-0.15, -0.1) is 11.3 Å². The molecule has 0 radical (unpaired) electrons. The highest BCUT2D eigenvalue weighted by Gasteiger charge is 2.02. The predicted octanol–water partition coefficient (Wildman–Crippen LogP) is 4.05. The topological polar surface area (TPSA) is 21.3 Å². The van der Waals surface area contributed by atoms with Crippen LogP contribution >= 0.6 is 11.3 Å². The van der Waals surface area contributed by atoms with Crippen LogP contribution in [0.5, 0.6) is 5.75 Å². The zero-order valence-electron chi connectivity index (χ0n) is 11.8. The molecule has 0 unspecified atom stereocenters. The average Bonchev–Trinajstić information content (AvgIpc) is 2.81. The lowest BCUT2D eigenvalue weighted by molar-refractivity contribution is 0.309. The van der Waals surface area contributed by atoms with E-state index in [2.05, 4.69) is 56.4 Å². The molecule has 3 heteroatoms. The van der Waals surface area contributed by atoms with Gasteiger partial charge in [-0.05, 0) is 55.8 Å². The molecule has 1 N–H and O–H groups in total. The van der Waals surface area contributed by atoms with Gasteiger partial charge >= 0.3 is 0 Å². The van der Waals surface area contributed by atoms with Crippen molar-refractivity contribution in [1.82, 2.24) is 5.32 Å². The Labute approximate surface area is 119 Å². The van der Waals surface area contributed by atoms with E-state index in [0.29, 0.717) is 6.61 Å². The van der Waals surface area contributed by atoms with Crippen molar-refractivity contribution in [1.29, 1.82) is 0 Å². The Morgan fingerprint density at radius 1 is 1.05 bits per heavy atom. The minimum Gasteiger partial charge on any atom is -0.488 e. The largest absolute Gasteiger partial charge is 0.488 e. The van der Waals surface area contributed by atoms with Crippen molar-refractivity contribution in [3.8, 4) is 5.75 Å². The summed E-state index contributed by atoms with van der Waals surface area (Å²) >= 11 is 1.81. The SMILES string of the molecule is CCNCc1ccc(COc2cc(C)cc(C)c2)s1. The molecule has 1 aromatic heterocycles. The molecule has 102 valence electrons. The van der Waals surface area contributed by atoms with Crippen molar-refractivity contribution in [2.45, 2.75) is 33.9 Å². The highest BCUT2D eigenvalue weighted by atomic mass is 32.1. The molecule has 0 aliphatic rings. The van der Waals surface area contributed by atoms with E-state index < -0.39 is 0 Å². The Balaban J connectivity index is 1.92. The number of hydrogen-bond donors (Lipinski definition) is 1. The molecule has 2 nitrogen and oxygen atoms in total. The zero-order chi connectivity index (χ0) is 13.7. The Kier molecular flexibility index (Phi) is 5.00. The molecule has 0 saturated carbocycles. The average molecular weight is 275 g/mol. The first-order valence-corrected chi connectivity index (χ1v) is 7.48. The lowest BCUT2D eigenvalue weighted by Crippen LogP contribution is -2.10. The summed E-state index contributed by atoms with van der Waals surface area (Å²) in [6.45, 7) is 8.92. The van der Waals surface area contributed by atoms with Gasteiger partial charge in [0.25, 0.3) is 0 Å². The summed E-state index contributed by atoms with van der Waals surface area (Å²) in [5.41, 5.74) is 2.49. The van der Waals surface area contributed by atoms with Crippen LogP contribution in [0.3, 0.4) is 0 Å². The molecule has 0 aliphatic carbocycles. The third-order valence-electron chi connectivity index (χ3n) is 2.84. The first-order chi connectivity index (χ1) is 9.17. The highest BCUT2D eigenvalue weighted by molar-refractivity contribution is 7.11. The second-order valence-electron chi connectivity index (χ2n) is 4.76. The van der Waals surface area contributed by atoms with E-state index in [1.807, 2.05) is 11.3 Å². The molecule has 0 fully saturated rings. The molecule has 1 heterocycles. The fourth-order valence-electron chi connectivity index (χ4n) is 2.01. The van der Waals surface area contributed by atoms with Gasteiger partial charge in [0.2, 0.25) is 0 Å². The molecule has 0 bridgehead atoms. The maximum Gasteiger partial charge on any atom is 0.122 e. The van der Waals surface area contributed by atoms with Gasteiger partial charge in [-0.25, -0.2) is 0 Å². The van der Waals surface area contributed by atoms with Gasteiger partial charge in [0.15, 0.2) is 0 Å². The van der Waals surface area contributed by atoms with Crippen LogP contribution in [-0.2, 0) is 13.2 Å². The van der Waals surface area contributed by atoms with E-state index >= 15 is 0 Å². The van der Waals surface area contributed by atoms with Crippen molar-refractivity contribution in [2.24, 2.45) is 0 Å². The molecular weight excluding hydrogens is 254 g/mol. The maximum absolute atomic E-state index is 5.86. The molecule has 2 rings (SSSR count). The number of nitrogens with one attached hydrogen (secondary N) is 1. The number of benzene rings is 1. The van der Waals surface area contributed by atoms with Crippen LogP contribution in [0.2, 0.25) is 0 Å². The van der Waals surface area contributed by atoms with Gasteiger partial charge < -0.3 is 10.1 Å². The summed E-state index contributed by atoms with van der Waals surface area (Å²) in [6.07, 6.45) is 0. The van der Waals surface area contributed by atoms with Crippen molar-refractivity contribution in [3.63, 3.8) is 0 Å². The van der Waals surface area contributed by atoms with Crippen molar-refractivity contribution in [2.75, 3.05) is 6.54 Å². The zero-order valence-corrected chi connectivity index (χ0v) is 12.6. The smallest absolute Gasteiger partial charge is 0.122 e. The molecular formula is C16H21NOS. The van der Waals surface area contributed by atoms with Crippen molar-refractivity contribution < 1.29 is 4.74 Å². The Morgan fingerprint density at radius 2 is 1.74 bits per heavy atom. The lowest BCUT2D eigenvalue weighted by Gasteiger charge is -2.07. The number of thiophene rings is 1. The van der Waals surface area contributed by atoms with Gasteiger partial charge in [-0.1, -0.05) is 13.0 Å². The number of aryl methyl sites for hydroxylation is 2. The van der Waals surface area contributed by atoms with Crippen LogP contribution in [-0.4, -0.2) is 6.54 Å². The van der Waals surface area contributed by atoms with Crippen LogP contribution in [0, 0.1) is 13.8 Å². The van der Waals surface area contributed by atoms with Crippen LogP contribution in [0.1, 0.15) is 27.8 Å². The van der Waals surface area contributed by atoms with Crippen molar-refractivity contribution in [3.05, 3.63) is 51.2 Å². The first kappa shape index (κ1) is 14.1. The van der Waals surface area contributed by atoms with E-state index in [1.165, 1.54) is 20.9 Å².